The monoisotopic (exact) mass is 677 g/mol. The Morgan fingerprint density at radius 2 is 0.578 bits per heavy atom. The van der Waals surface area contributed by atoms with Crippen LogP contribution in [0, 0.1) is 0 Å². The summed E-state index contributed by atoms with van der Waals surface area (Å²) in [5.41, 5.74) is 0. The van der Waals surface area contributed by atoms with Crippen molar-refractivity contribution in [1.29, 1.82) is 0 Å². The molecule has 0 aromatic heterocycles. The minimum Gasteiger partial charge on any atom is -0.377 e. The predicted molar refractivity (Wildman–Crippen MR) is 198 cm³/mol. The van der Waals surface area contributed by atoms with Gasteiger partial charge in [-0.3, -0.25) is 0 Å². The lowest BCUT2D eigenvalue weighted by molar-refractivity contribution is 0.0856. The van der Waals surface area contributed by atoms with Gasteiger partial charge < -0.3 is 31.6 Å². The molecule has 0 saturated heterocycles. The molecule has 0 aromatic rings. The zero-order chi connectivity index (χ0) is 33.5. The van der Waals surface area contributed by atoms with Gasteiger partial charge in [-0.05, 0) is 90.6 Å². The molecule has 0 fully saturated rings. The Hall–Kier alpha value is 0.154. The molecule has 0 aliphatic carbocycles. The van der Waals surface area contributed by atoms with E-state index in [4.69, 9.17) is 21.8 Å². The van der Waals surface area contributed by atoms with Gasteiger partial charge in [-0.15, -0.1) is 0 Å². The summed E-state index contributed by atoms with van der Waals surface area (Å²) in [7, 11) is 1.22. The van der Waals surface area contributed by atoms with Crippen LogP contribution in [-0.2, 0) is 21.8 Å². The number of rotatable bonds is 36. The topological polar surface area (TPSA) is 52.6 Å². The molecule has 0 aliphatic rings. The van der Waals surface area contributed by atoms with Crippen molar-refractivity contribution in [3.05, 3.63) is 0 Å². The smallest absolute Gasteiger partial charge is 0.377 e. The molecule has 0 atom stereocenters. The van der Waals surface area contributed by atoms with Gasteiger partial charge >= 0.3 is 17.6 Å². The van der Waals surface area contributed by atoms with Crippen LogP contribution >= 0.6 is 0 Å². The van der Waals surface area contributed by atoms with Crippen molar-refractivity contribution in [2.45, 2.75) is 168 Å². The van der Waals surface area contributed by atoms with Crippen LogP contribution in [0.15, 0.2) is 0 Å². The average Bonchev–Trinajstić information content (AvgIpc) is 3.07. The van der Waals surface area contributed by atoms with Gasteiger partial charge in [0.25, 0.3) is 0 Å². The Morgan fingerprint density at radius 1 is 0.333 bits per heavy atom. The van der Waals surface area contributed by atoms with Gasteiger partial charge in [-0.2, -0.15) is 0 Å². The lowest BCUT2D eigenvalue weighted by Crippen LogP contribution is -2.57. The third kappa shape index (κ3) is 23.2. The predicted octanol–water partition coefficient (Wildman–Crippen LogP) is 9.95. The lowest BCUT2D eigenvalue weighted by Gasteiger charge is -2.35. The van der Waals surface area contributed by atoms with Crippen molar-refractivity contribution < 1.29 is 21.8 Å². The van der Waals surface area contributed by atoms with E-state index in [1.54, 1.807) is 28.4 Å². The molecule has 0 saturated carbocycles. The quantitative estimate of drug-likeness (QED) is 0.0484. The Bertz CT molecular complexity index is 546. The molecular formula is C36H80N2O5Si2. The first kappa shape index (κ1) is 45.2. The van der Waals surface area contributed by atoms with Crippen molar-refractivity contribution in [2.75, 3.05) is 67.7 Å². The van der Waals surface area contributed by atoms with Crippen molar-refractivity contribution in [1.82, 2.24) is 9.80 Å². The zero-order valence-corrected chi connectivity index (χ0v) is 33.7. The average molecular weight is 677 g/mol. The summed E-state index contributed by atoms with van der Waals surface area (Å²) < 4.78 is 30.6. The van der Waals surface area contributed by atoms with E-state index in [9.17, 15) is 0 Å². The summed E-state index contributed by atoms with van der Waals surface area (Å²) in [6, 6.07) is 1.63. The second-order valence-electron chi connectivity index (χ2n) is 13.1. The normalized spacial score (nSPS) is 12.7. The Kier molecular flexibility index (Phi) is 31.5. The number of unbranched alkanes of at least 4 members (excludes halogenated alkanes) is 14. The van der Waals surface area contributed by atoms with Gasteiger partial charge in [0.15, 0.2) is 0 Å². The number of hydrogen-bond donors (Lipinski definition) is 0. The summed E-state index contributed by atoms with van der Waals surface area (Å²) in [5, 5.41) is 0. The third-order valence-electron chi connectivity index (χ3n) is 9.28. The summed E-state index contributed by atoms with van der Waals surface area (Å²) >= 11 is 0. The Balaban J connectivity index is 4.43. The van der Waals surface area contributed by atoms with Crippen molar-refractivity contribution >= 4 is 17.6 Å². The fourth-order valence-electron chi connectivity index (χ4n) is 6.05. The molecule has 0 unspecified atom stereocenters. The van der Waals surface area contributed by atoms with E-state index < -0.39 is 17.6 Å². The molecule has 0 bridgehead atoms. The van der Waals surface area contributed by atoms with E-state index >= 15 is 0 Å². The van der Waals surface area contributed by atoms with Crippen LogP contribution in [0.25, 0.3) is 0 Å². The van der Waals surface area contributed by atoms with Gasteiger partial charge in [0.1, 0.15) is 0 Å². The van der Waals surface area contributed by atoms with E-state index in [-0.39, 0.29) is 0 Å². The standard InChI is InChI=1S/C36H80N2O5Si2/c1-9-13-29-37(30-14-10-2)33-25-21-17-19-23-27-35-44(39-5,40-6)43-45(41-7,42-8)36-28-24-20-18-22-26-34-38(31-15-11-3)32-16-12-4/h9-36H2,1-8H3. The summed E-state index contributed by atoms with van der Waals surface area (Å²) in [4.78, 5) is 5.36. The maximum absolute atomic E-state index is 6.67. The first-order chi connectivity index (χ1) is 21.9. The number of nitrogens with zero attached hydrogens (tertiary/aromatic N) is 2. The molecule has 0 radical (unpaired) electrons. The highest BCUT2D eigenvalue weighted by Gasteiger charge is 2.51. The molecule has 0 rings (SSSR count). The molecular weight excluding hydrogens is 597 g/mol. The minimum atomic E-state index is -2.85. The van der Waals surface area contributed by atoms with Gasteiger partial charge in [0, 0.05) is 40.5 Å². The summed E-state index contributed by atoms with van der Waals surface area (Å²) in [6.07, 6.45) is 25.3. The van der Waals surface area contributed by atoms with Crippen LogP contribution in [0.2, 0.25) is 12.1 Å². The zero-order valence-electron chi connectivity index (χ0n) is 31.7. The van der Waals surface area contributed by atoms with E-state index in [0.717, 1.165) is 24.9 Å². The Labute approximate surface area is 284 Å². The second-order valence-corrected chi connectivity index (χ2v) is 19.3. The highest BCUT2D eigenvalue weighted by molar-refractivity contribution is 6.74. The largest absolute Gasteiger partial charge is 0.493 e. The Morgan fingerprint density at radius 3 is 0.844 bits per heavy atom. The second kappa shape index (κ2) is 31.4. The van der Waals surface area contributed by atoms with Crippen LogP contribution in [0.3, 0.4) is 0 Å². The summed E-state index contributed by atoms with van der Waals surface area (Å²) in [6.45, 7) is 16.8. The molecule has 0 N–H and O–H groups in total. The van der Waals surface area contributed by atoms with Crippen LogP contribution in [0.5, 0.6) is 0 Å². The molecule has 0 heterocycles. The minimum absolute atomic E-state index is 0.816. The fraction of sp³-hybridized carbons (Fsp3) is 1.00. The molecule has 0 aromatic carbocycles. The van der Waals surface area contributed by atoms with Crippen molar-refractivity contribution in [3.8, 4) is 0 Å². The molecule has 272 valence electrons. The molecule has 0 amide bonds. The van der Waals surface area contributed by atoms with Crippen molar-refractivity contribution in [3.63, 3.8) is 0 Å². The first-order valence-corrected chi connectivity index (χ1v) is 23.2. The van der Waals surface area contributed by atoms with Crippen LogP contribution in [0.1, 0.15) is 156 Å². The first-order valence-electron chi connectivity index (χ1n) is 19.3. The van der Waals surface area contributed by atoms with Gasteiger partial charge in [0.2, 0.25) is 0 Å². The van der Waals surface area contributed by atoms with Crippen LogP contribution in [0.4, 0.5) is 0 Å². The maximum atomic E-state index is 6.67. The highest BCUT2D eigenvalue weighted by atomic mass is 28.5. The SMILES string of the molecule is CCCCN(CCCC)CCCCCCCC[Si](OC)(OC)O[Si](CCCCCCCCN(CCCC)CCCC)(OC)OC. The molecule has 45 heavy (non-hydrogen) atoms. The molecule has 0 aliphatic heterocycles. The van der Waals surface area contributed by atoms with Gasteiger partial charge in [-0.1, -0.05) is 105 Å². The highest BCUT2D eigenvalue weighted by Crippen LogP contribution is 2.28. The van der Waals surface area contributed by atoms with E-state index in [0.29, 0.717) is 0 Å². The maximum Gasteiger partial charge on any atom is 0.493 e. The fourth-order valence-corrected chi connectivity index (χ4v) is 12.6. The van der Waals surface area contributed by atoms with Gasteiger partial charge in [0.05, 0.1) is 0 Å². The van der Waals surface area contributed by atoms with E-state index in [1.807, 2.05) is 0 Å². The van der Waals surface area contributed by atoms with Crippen molar-refractivity contribution in [2.24, 2.45) is 0 Å². The molecule has 7 nitrogen and oxygen atoms in total. The number of hydrogen-bond acceptors (Lipinski definition) is 7. The van der Waals surface area contributed by atoms with Crippen LogP contribution in [-0.4, -0.2) is 95.1 Å². The third-order valence-corrected chi connectivity index (χ3v) is 16.2. The van der Waals surface area contributed by atoms with E-state index in [1.165, 1.54) is 155 Å². The molecule has 9 heteroatoms. The molecule has 0 spiro atoms. The summed E-state index contributed by atoms with van der Waals surface area (Å²) in [5.74, 6) is 0. The van der Waals surface area contributed by atoms with Crippen LogP contribution < -0.4 is 0 Å². The van der Waals surface area contributed by atoms with Gasteiger partial charge in [-0.25, -0.2) is 0 Å². The van der Waals surface area contributed by atoms with E-state index in [2.05, 4.69) is 37.5 Å². The lowest BCUT2D eigenvalue weighted by atomic mass is 10.1.